The molecule has 0 aliphatic carbocycles. The molecule has 1 atom stereocenters. The van der Waals surface area contributed by atoms with Crippen LogP contribution in [0.4, 0.5) is 18.3 Å². The Labute approximate surface area is 168 Å². The third kappa shape index (κ3) is 4.39. The number of hydrazone groups is 1. The lowest BCUT2D eigenvalue weighted by Crippen LogP contribution is -2.44. The maximum atomic E-state index is 13.5. The van der Waals surface area contributed by atoms with Crippen LogP contribution in [0.3, 0.4) is 0 Å². The van der Waals surface area contributed by atoms with Gasteiger partial charge in [-0.2, -0.15) is 23.3 Å². The number of thiazole rings is 1. The summed E-state index contributed by atoms with van der Waals surface area (Å²) in [6.07, 6.45) is -4.70. The molecule has 3 rings (SSSR count). The lowest BCUT2D eigenvalue weighted by Gasteiger charge is -2.18. The average Bonchev–Trinajstić information content (AvgIpc) is 3.19. The summed E-state index contributed by atoms with van der Waals surface area (Å²) in [4.78, 5) is 28.7. The van der Waals surface area contributed by atoms with Crippen molar-refractivity contribution in [2.45, 2.75) is 26.4 Å². The molecule has 2 heterocycles. The number of alkyl halides is 3. The zero-order chi connectivity index (χ0) is 21.3. The van der Waals surface area contributed by atoms with E-state index < -0.39 is 29.6 Å². The van der Waals surface area contributed by atoms with Crippen LogP contribution >= 0.6 is 11.3 Å². The number of amides is 2. The van der Waals surface area contributed by atoms with E-state index in [0.29, 0.717) is 15.2 Å². The van der Waals surface area contributed by atoms with Gasteiger partial charge in [-0.15, -0.1) is 0 Å². The van der Waals surface area contributed by atoms with Gasteiger partial charge in [0.05, 0.1) is 10.2 Å². The van der Waals surface area contributed by atoms with Gasteiger partial charge in [-0.05, 0) is 18.1 Å². The quantitative estimate of drug-likeness (QED) is 0.695. The van der Waals surface area contributed by atoms with Crippen LogP contribution in [0, 0.1) is 11.8 Å². The normalized spacial score (nSPS) is 17.0. The number of anilines is 1. The molecule has 1 aliphatic heterocycles. The average molecular weight is 425 g/mol. The molecule has 1 aromatic heterocycles. The molecular weight excluding hydrogens is 407 g/mol. The summed E-state index contributed by atoms with van der Waals surface area (Å²) in [6, 6.07) is 6.92. The van der Waals surface area contributed by atoms with Gasteiger partial charge in [-0.25, -0.2) is 4.98 Å². The summed E-state index contributed by atoms with van der Waals surface area (Å²) < 4.78 is 41.3. The predicted molar refractivity (Wildman–Crippen MR) is 104 cm³/mol. The number of carbonyl (C=O) groups excluding carboxylic acids is 2. The number of aromatic nitrogens is 1. The van der Waals surface area contributed by atoms with Crippen LogP contribution in [0.15, 0.2) is 41.6 Å². The Balaban J connectivity index is 1.85. The number of nitrogens with one attached hydrogen (secondary N) is 2. The highest BCUT2D eigenvalue weighted by Gasteiger charge is 2.52. The SMILES string of the molecule is C=C(NNC(=O)CC(C)C)[C@H]1C(=O)N(c2nc3ccccc3s2)N=C1C(F)(F)F. The largest absolute Gasteiger partial charge is 0.432 e. The molecule has 7 nitrogen and oxygen atoms in total. The molecule has 2 amide bonds. The van der Waals surface area contributed by atoms with Crippen LogP contribution in [0.5, 0.6) is 0 Å². The van der Waals surface area contributed by atoms with E-state index >= 15 is 0 Å². The number of benzene rings is 1. The number of rotatable bonds is 6. The maximum absolute atomic E-state index is 13.5. The van der Waals surface area contributed by atoms with Gasteiger partial charge in [-0.1, -0.05) is 43.9 Å². The monoisotopic (exact) mass is 425 g/mol. The number of carbonyl (C=O) groups is 2. The Morgan fingerprint density at radius 1 is 1.31 bits per heavy atom. The second kappa shape index (κ2) is 7.82. The van der Waals surface area contributed by atoms with Crippen molar-refractivity contribution in [3.63, 3.8) is 0 Å². The molecule has 1 aromatic carbocycles. The van der Waals surface area contributed by atoms with Crippen molar-refractivity contribution >= 4 is 44.2 Å². The van der Waals surface area contributed by atoms with Crippen LogP contribution in [0.25, 0.3) is 10.2 Å². The molecule has 0 saturated heterocycles. The fourth-order valence-corrected chi connectivity index (χ4v) is 3.64. The van der Waals surface area contributed by atoms with Crippen LogP contribution < -0.4 is 15.9 Å². The molecular formula is C18H18F3N5O2S. The molecule has 0 spiro atoms. The molecule has 29 heavy (non-hydrogen) atoms. The van der Waals surface area contributed by atoms with Crippen LogP contribution in [0.1, 0.15) is 20.3 Å². The van der Waals surface area contributed by atoms with Crippen molar-refractivity contribution in [3.05, 3.63) is 36.5 Å². The van der Waals surface area contributed by atoms with Crippen molar-refractivity contribution in [1.82, 2.24) is 15.8 Å². The van der Waals surface area contributed by atoms with Gasteiger partial charge in [0.2, 0.25) is 11.0 Å². The van der Waals surface area contributed by atoms with E-state index in [1.54, 1.807) is 24.3 Å². The van der Waals surface area contributed by atoms with E-state index in [-0.39, 0.29) is 23.2 Å². The third-order valence-electron chi connectivity index (χ3n) is 4.00. The molecule has 0 radical (unpaired) electrons. The fourth-order valence-electron chi connectivity index (χ4n) is 2.72. The van der Waals surface area contributed by atoms with Gasteiger partial charge < -0.3 is 5.43 Å². The molecule has 2 N–H and O–H groups in total. The number of halogens is 3. The topological polar surface area (TPSA) is 86.7 Å². The summed E-state index contributed by atoms with van der Waals surface area (Å²) in [5, 5.41) is 4.16. The second-order valence-corrected chi connectivity index (χ2v) is 7.84. The Bertz CT molecular complexity index is 966. The van der Waals surface area contributed by atoms with Gasteiger partial charge in [0, 0.05) is 12.1 Å². The standard InChI is InChI=1S/C18H18F3N5O2S/c1-9(2)8-13(27)24-23-10(3)14-15(18(19,20)21)25-26(16(14)28)17-22-11-6-4-5-7-12(11)29-17/h4-7,9,14,23H,3,8H2,1-2H3,(H,24,27)/t14-/m1/s1. The molecule has 0 unspecified atom stereocenters. The first kappa shape index (κ1) is 20.8. The van der Waals surface area contributed by atoms with Crippen molar-refractivity contribution in [1.29, 1.82) is 0 Å². The maximum Gasteiger partial charge on any atom is 0.432 e. The Morgan fingerprint density at radius 2 is 2.00 bits per heavy atom. The fraction of sp³-hybridized carbons (Fsp3) is 0.333. The Morgan fingerprint density at radius 3 is 2.62 bits per heavy atom. The van der Waals surface area contributed by atoms with E-state index in [9.17, 15) is 22.8 Å². The second-order valence-electron chi connectivity index (χ2n) is 6.83. The van der Waals surface area contributed by atoms with E-state index in [0.717, 1.165) is 11.3 Å². The smallest absolute Gasteiger partial charge is 0.302 e. The highest BCUT2D eigenvalue weighted by molar-refractivity contribution is 7.22. The first-order chi connectivity index (χ1) is 13.6. The van der Waals surface area contributed by atoms with Crippen molar-refractivity contribution in [2.75, 3.05) is 5.01 Å². The first-order valence-corrected chi connectivity index (χ1v) is 9.48. The van der Waals surface area contributed by atoms with E-state index in [4.69, 9.17) is 0 Å². The number of hydrazine groups is 1. The zero-order valence-corrected chi connectivity index (χ0v) is 16.4. The van der Waals surface area contributed by atoms with Crippen molar-refractivity contribution in [3.8, 4) is 0 Å². The molecule has 0 fully saturated rings. The van der Waals surface area contributed by atoms with Crippen molar-refractivity contribution in [2.24, 2.45) is 16.9 Å². The number of nitrogens with zero attached hydrogens (tertiary/aromatic N) is 3. The van der Waals surface area contributed by atoms with Crippen LogP contribution in [0.2, 0.25) is 0 Å². The van der Waals surface area contributed by atoms with Gasteiger partial charge in [-0.3, -0.25) is 15.0 Å². The highest BCUT2D eigenvalue weighted by atomic mass is 32.1. The lowest BCUT2D eigenvalue weighted by atomic mass is 10.00. The summed E-state index contributed by atoms with van der Waals surface area (Å²) >= 11 is 1.05. The molecule has 154 valence electrons. The lowest BCUT2D eigenvalue weighted by molar-refractivity contribution is -0.123. The van der Waals surface area contributed by atoms with E-state index in [1.165, 1.54) is 0 Å². The first-order valence-electron chi connectivity index (χ1n) is 8.66. The molecule has 0 saturated carbocycles. The minimum absolute atomic E-state index is 0.0251. The van der Waals surface area contributed by atoms with Crippen LogP contribution in [-0.4, -0.2) is 28.7 Å². The van der Waals surface area contributed by atoms with Gasteiger partial charge in [0.25, 0.3) is 5.91 Å². The Hall–Kier alpha value is -2.95. The van der Waals surface area contributed by atoms with Gasteiger partial charge in [0.1, 0.15) is 5.92 Å². The minimum Gasteiger partial charge on any atom is -0.302 e. The van der Waals surface area contributed by atoms with Crippen LogP contribution in [-0.2, 0) is 9.59 Å². The molecule has 1 aliphatic rings. The number of hydrogen-bond donors (Lipinski definition) is 2. The summed E-state index contributed by atoms with van der Waals surface area (Å²) in [5.41, 5.74) is 3.48. The summed E-state index contributed by atoms with van der Waals surface area (Å²) in [5.74, 6) is -3.13. The summed E-state index contributed by atoms with van der Waals surface area (Å²) in [7, 11) is 0. The molecule has 0 bridgehead atoms. The number of hydrogen-bond acceptors (Lipinski definition) is 6. The van der Waals surface area contributed by atoms with E-state index in [1.807, 2.05) is 13.8 Å². The summed E-state index contributed by atoms with van der Waals surface area (Å²) in [6.45, 7) is 7.14. The van der Waals surface area contributed by atoms with Gasteiger partial charge in [0.15, 0.2) is 5.71 Å². The van der Waals surface area contributed by atoms with Gasteiger partial charge >= 0.3 is 6.18 Å². The highest BCUT2D eigenvalue weighted by Crippen LogP contribution is 2.37. The molecule has 2 aromatic rings. The Kier molecular flexibility index (Phi) is 5.60. The minimum atomic E-state index is -4.86. The predicted octanol–water partition coefficient (Wildman–Crippen LogP) is 3.36. The van der Waals surface area contributed by atoms with E-state index in [2.05, 4.69) is 27.5 Å². The number of fused-ring (bicyclic) bond motifs is 1. The number of para-hydroxylation sites is 1. The third-order valence-corrected chi connectivity index (χ3v) is 5.01. The zero-order valence-electron chi connectivity index (χ0n) is 15.6. The van der Waals surface area contributed by atoms with Crippen molar-refractivity contribution < 1.29 is 22.8 Å². The molecule has 11 heteroatoms.